The van der Waals surface area contributed by atoms with Crippen LogP contribution in [-0.2, 0) is 7.05 Å². The summed E-state index contributed by atoms with van der Waals surface area (Å²) < 4.78 is 1.39. The minimum Gasteiger partial charge on any atom is -0.321 e. The van der Waals surface area contributed by atoms with Crippen LogP contribution in [0.15, 0.2) is 65.7 Å². The molecule has 2 aromatic heterocycles. The third kappa shape index (κ3) is 4.31. The summed E-state index contributed by atoms with van der Waals surface area (Å²) in [5, 5.41) is 8.75. The van der Waals surface area contributed by atoms with Crippen LogP contribution in [0.25, 0.3) is 10.2 Å². The predicted octanol–water partition coefficient (Wildman–Crippen LogP) is 4.20. The molecule has 4 aromatic rings. The van der Waals surface area contributed by atoms with Gasteiger partial charge in [0, 0.05) is 24.1 Å². The van der Waals surface area contributed by atoms with Gasteiger partial charge < -0.3 is 20.5 Å². The molecule has 0 radical (unpaired) electrons. The molecule has 4 rings (SSSR count). The van der Waals surface area contributed by atoms with Crippen LogP contribution in [0, 0.1) is 6.92 Å². The fourth-order valence-electron chi connectivity index (χ4n) is 3.07. The highest BCUT2D eigenvalue weighted by molar-refractivity contribution is 7.20. The van der Waals surface area contributed by atoms with E-state index in [4.69, 9.17) is 0 Å². The molecule has 3 N–H and O–H groups in total. The number of amides is 3. The van der Waals surface area contributed by atoms with Crippen molar-refractivity contribution in [2.24, 2.45) is 7.05 Å². The zero-order valence-electron chi connectivity index (χ0n) is 16.8. The molecule has 8 nitrogen and oxygen atoms in total. The molecule has 0 unspecified atom stereocenters. The van der Waals surface area contributed by atoms with E-state index >= 15 is 0 Å². The minimum atomic E-state index is -0.363. The molecule has 0 fully saturated rings. The fourth-order valence-corrected chi connectivity index (χ4v) is 4.10. The highest BCUT2D eigenvalue weighted by atomic mass is 32.1. The van der Waals surface area contributed by atoms with E-state index in [0.717, 1.165) is 0 Å². The number of carbonyl (C=O) groups is 2. The smallest absolute Gasteiger partial charge is 0.321 e. The van der Waals surface area contributed by atoms with Crippen molar-refractivity contribution in [2.45, 2.75) is 6.92 Å². The van der Waals surface area contributed by atoms with Gasteiger partial charge >= 0.3 is 6.03 Å². The Hall–Kier alpha value is -3.98. The number of para-hydroxylation sites is 1. The van der Waals surface area contributed by atoms with Gasteiger partial charge in [-0.25, -0.2) is 9.78 Å². The van der Waals surface area contributed by atoms with E-state index in [1.807, 2.05) is 18.2 Å². The summed E-state index contributed by atoms with van der Waals surface area (Å²) in [6.07, 6.45) is 1.45. The summed E-state index contributed by atoms with van der Waals surface area (Å²) in [5.41, 5.74) is 2.27. The minimum absolute atomic E-state index is 0.179. The lowest BCUT2D eigenvalue weighted by Gasteiger charge is -2.09. The van der Waals surface area contributed by atoms with E-state index in [-0.39, 0.29) is 17.5 Å². The zero-order valence-corrected chi connectivity index (χ0v) is 17.6. The van der Waals surface area contributed by atoms with Crippen molar-refractivity contribution in [1.29, 1.82) is 0 Å². The predicted molar refractivity (Wildman–Crippen MR) is 123 cm³/mol. The van der Waals surface area contributed by atoms with Gasteiger partial charge in [0.25, 0.3) is 11.5 Å². The normalized spacial score (nSPS) is 10.6. The maximum absolute atomic E-state index is 12.7. The van der Waals surface area contributed by atoms with Crippen LogP contribution in [-0.4, -0.2) is 21.5 Å². The third-order valence-electron chi connectivity index (χ3n) is 4.65. The van der Waals surface area contributed by atoms with Crippen LogP contribution in [0.4, 0.5) is 21.9 Å². The van der Waals surface area contributed by atoms with E-state index < -0.39 is 0 Å². The van der Waals surface area contributed by atoms with Crippen molar-refractivity contribution in [1.82, 2.24) is 9.55 Å². The van der Waals surface area contributed by atoms with E-state index in [1.54, 1.807) is 50.4 Å². The number of benzene rings is 2. The number of carbonyl (C=O) groups excluding carboxylic acids is 2. The summed E-state index contributed by atoms with van der Waals surface area (Å²) in [6.45, 7) is 1.75. The Morgan fingerprint density at radius 3 is 2.13 bits per heavy atom. The average Bonchev–Trinajstić information content (AvgIpc) is 3.10. The topological polar surface area (TPSA) is 105 Å². The molecule has 0 atom stereocenters. The number of thiophene rings is 1. The number of nitrogens with zero attached hydrogens (tertiary/aromatic N) is 2. The quantitative estimate of drug-likeness (QED) is 0.449. The first-order valence-electron chi connectivity index (χ1n) is 9.41. The van der Waals surface area contributed by atoms with Crippen molar-refractivity contribution < 1.29 is 9.59 Å². The number of fused-ring (bicyclic) bond motifs is 1. The maximum Gasteiger partial charge on any atom is 0.323 e. The Balaban J connectivity index is 1.44. The van der Waals surface area contributed by atoms with Crippen LogP contribution in [0.5, 0.6) is 0 Å². The second kappa shape index (κ2) is 8.41. The largest absolute Gasteiger partial charge is 0.323 e. The van der Waals surface area contributed by atoms with E-state index in [9.17, 15) is 14.4 Å². The van der Waals surface area contributed by atoms with Crippen molar-refractivity contribution in [3.63, 3.8) is 0 Å². The van der Waals surface area contributed by atoms with Gasteiger partial charge in [-0.1, -0.05) is 18.2 Å². The highest BCUT2D eigenvalue weighted by Gasteiger charge is 2.19. The average molecular weight is 433 g/mol. The van der Waals surface area contributed by atoms with Gasteiger partial charge in [-0.2, -0.15) is 0 Å². The van der Waals surface area contributed by atoms with Crippen LogP contribution in [0.3, 0.4) is 0 Å². The van der Waals surface area contributed by atoms with Crippen LogP contribution in [0.1, 0.15) is 15.2 Å². The lowest BCUT2D eigenvalue weighted by Crippen LogP contribution is -2.19. The molecule has 0 saturated heterocycles. The van der Waals surface area contributed by atoms with Crippen LogP contribution < -0.4 is 21.5 Å². The monoisotopic (exact) mass is 433 g/mol. The SMILES string of the molecule is Cc1c(C(=O)Nc2ccc(NC(=O)Nc3ccccc3)cc2)sc2ncn(C)c(=O)c12. The van der Waals surface area contributed by atoms with Gasteiger partial charge in [0.1, 0.15) is 4.83 Å². The van der Waals surface area contributed by atoms with Gasteiger partial charge in [0.15, 0.2) is 0 Å². The highest BCUT2D eigenvalue weighted by Crippen LogP contribution is 2.27. The Labute approximate surface area is 181 Å². The van der Waals surface area contributed by atoms with Crippen molar-refractivity contribution in [3.05, 3.63) is 81.7 Å². The molecule has 2 heterocycles. The van der Waals surface area contributed by atoms with Gasteiger partial charge in [-0.05, 0) is 48.9 Å². The van der Waals surface area contributed by atoms with E-state index in [0.29, 0.717) is 37.7 Å². The third-order valence-corrected chi connectivity index (χ3v) is 5.85. The number of rotatable bonds is 4. The molecule has 0 spiro atoms. The molecule has 3 amide bonds. The van der Waals surface area contributed by atoms with E-state index in [1.165, 1.54) is 22.2 Å². The van der Waals surface area contributed by atoms with Crippen molar-refractivity contribution >= 4 is 50.6 Å². The summed E-state index contributed by atoms with van der Waals surface area (Å²) in [4.78, 5) is 42.4. The Morgan fingerprint density at radius 2 is 1.48 bits per heavy atom. The molecular formula is C22H19N5O3S. The summed E-state index contributed by atoms with van der Waals surface area (Å²) >= 11 is 1.18. The number of hydrogen-bond donors (Lipinski definition) is 3. The molecule has 156 valence electrons. The summed E-state index contributed by atoms with van der Waals surface area (Å²) in [5.74, 6) is -0.315. The summed E-state index contributed by atoms with van der Waals surface area (Å²) in [7, 11) is 1.63. The Bertz CT molecular complexity index is 1330. The lowest BCUT2D eigenvalue weighted by atomic mass is 10.2. The number of anilines is 3. The Kier molecular flexibility index (Phi) is 5.50. The van der Waals surface area contributed by atoms with Crippen LogP contribution in [0.2, 0.25) is 0 Å². The van der Waals surface area contributed by atoms with Crippen molar-refractivity contribution in [2.75, 3.05) is 16.0 Å². The van der Waals surface area contributed by atoms with Gasteiger partial charge in [-0.3, -0.25) is 9.59 Å². The number of urea groups is 1. The standard InChI is InChI=1S/C22H19N5O3S/c1-13-17-20(23-12-27(2)21(17)29)31-18(13)19(28)24-15-8-10-16(11-9-15)26-22(30)25-14-6-4-3-5-7-14/h3-12H,1-2H3,(H,24,28)(H2,25,26,30). The molecule has 0 saturated carbocycles. The van der Waals surface area contributed by atoms with Gasteiger partial charge in [0.05, 0.1) is 16.6 Å². The molecular weight excluding hydrogens is 414 g/mol. The van der Waals surface area contributed by atoms with Crippen LogP contribution >= 0.6 is 11.3 Å². The first kappa shape index (κ1) is 20.3. The van der Waals surface area contributed by atoms with E-state index in [2.05, 4.69) is 20.9 Å². The molecule has 0 bridgehead atoms. The molecule has 2 aromatic carbocycles. The van der Waals surface area contributed by atoms with Gasteiger partial charge in [-0.15, -0.1) is 11.3 Å². The second-order valence-electron chi connectivity index (χ2n) is 6.87. The van der Waals surface area contributed by atoms with Crippen molar-refractivity contribution in [3.8, 4) is 0 Å². The molecule has 0 aliphatic rings. The number of hydrogen-bond acceptors (Lipinski definition) is 5. The molecule has 31 heavy (non-hydrogen) atoms. The first-order chi connectivity index (χ1) is 14.9. The Morgan fingerprint density at radius 1 is 0.903 bits per heavy atom. The number of aryl methyl sites for hydroxylation is 2. The summed E-state index contributed by atoms with van der Waals surface area (Å²) in [6, 6.07) is 15.5. The number of nitrogens with one attached hydrogen (secondary N) is 3. The second-order valence-corrected chi connectivity index (χ2v) is 7.87. The maximum atomic E-state index is 12.7. The molecule has 9 heteroatoms. The van der Waals surface area contributed by atoms with Gasteiger partial charge in [0.2, 0.25) is 0 Å². The zero-order chi connectivity index (χ0) is 22.0. The first-order valence-corrected chi connectivity index (χ1v) is 10.2. The fraction of sp³-hybridized carbons (Fsp3) is 0.0909. The molecule has 0 aliphatic heterocycles. The molecule has 0 aliphatic carbocycles. The lowest BCUT2D eigenvalue weighted by molar-refractivity contribution is 0.103. The number of aromatic nitrogens is 2.